The Morgan fingerprint density at radius 3 is 1.85 bits per heavy atom. The number of likely N-dealkylation sites (N-methyl/N-ethyl adjacent to an activating group) is 1. The SMILES string of the molecule is CN(C)CCN(c1ccccc1N(CCOc1ccc(Cl)cc1)Cc1ccccc1)S(=O)(=O)c1ccc(Cl)cc1.Cl. The van der Waals surface area contributed by atoms with Gasteiger partial charge in [0.25, 0.3) is 10.0 Å². The minimum absolute atomic E-state index is 0. The summed E-state index contributed by atoms with van der Waals surface area (Å²) in [5.41, 5.74) is 2.49. The normalized spacial score (nSPS) is 11.1. The van der Waals surface area contributed by atoms with Crippen LogP contribution in [0, 0.1) is 0 Å². The van der Waals surface area contributed by atoms with Crippen molar-refractivity contribution in [3.63, 3.8) is 0 Å². The zero-order valence-corrected chi connectivity index (χ0v) is 26.1. The lowest BCUT2D eigenvalue weighted by atomic mass is 10.1. The van der Waals surface area contributed by atoms with Gasteiger partial charge in [0.2, 0.25) is 0 Å². The summed E-state index contributed by atoms with van der Waals surface area (Å²) < 4.78 is 35.6. The van der Waals surface area contributed by atoms with Crippen molar-refractivity contribution in [1.29, 1.82) is 0 Å². The lowest BCUT2D eigenvalue weighted by molar-refractivity contribution is 0.323. The zero-order chi connectivity index (χ0) is 28.5. The van der Waals surface area contributed by atoms with Gasteiger partial charge in [-0.3, -0.25) is 4.31 Å². The Hall–Kier alpha value is -2.94. The quantitative estimate of drug-likeness (QED) is 0.155. The van der Waals surface area contributed by atoms with Crippen molar-refractivity contribution in [2.75, 3.05) is 49.5 Å². The van der Waals surface area contributed by atoms with E-state index in [9.17, 15) is 8.42 Å². The highest BCUT2D eigenvalue weighted by Crippen LogP contribution is 2.34. The zero-order valence-electron chi connectivity index (χ0n) is 23.0. The van der Waals surface area contributed by atoms with Crippen LogP contribution in [-0.2, 0) is 16.6 Å². The van der Waals surface area contributed by atoms with Crippen LogP contribution >= 0.6 is 35.6 Å². The topological polar surface area (TPSA) is 53.1 Å². The van der Waals surface area contributed by atoms with Gasteiger partial charge in [-0.1, -0.05) is 65.7 Å². The fraction of sp³-hybridized carbons (Fsp3) is 0.226. The molecule has 0 fully saturated rings. The number of halogens is 3. The van der Waals surface area contributed by atoms with Crippen LogP contribution in [0.1, 0.15) is 5.56 Å². The Kier molecular flexibility index (Phi) is 12.2. The first-order valence-electron chi connectivity index (χ1n) is 12.9. The van der Waals surface area contributed by atoms with E-state index in [4.69, 9.17) is 27.9 Å². The minimum Gasteiger partial charge on any atom is -0.492 e. The van der Waals surface area contributed by atoms with Gasteiger partial charge in [-0.15, -0.1) is 12.4 Å². The molecule has 0 aliphatic carbocycles. The minimum atomic E-state index is -3.89. The van der Waals surface area contributed by atoms with Crippen LogP contribution in [0.4, 0.5) is 11.4 Å². The van der Waals surface area contributed by atoms with Gasteiger partial charge < -0.3 is 14.5 Å². The average molecular weight is 635 g/mol. The number of rotatable bonds is 13. The van der Waals surface area contributed by atoms with E-state index in [2.05, 4.69) is 17.0 Å². The summed E-state index contributed by atoms with van der Waals surface area (Å²) in [6.07, 6.45) is 0. The van der Waals surface area contributed by atoms with Crippen LogP contribution in [0.2, 0.25) is 10.0 Å². The van der Waals surface area contributed by atoms with Crippen molar-refractivity contribution in [2.45, 2.75) is 11.4 Å². The number of para-hydroxylation sites is 2. The fourth-order valence-electron chi connectivity index (χ4n) is 4.23. The van der Waals surface area contributed by atoms with Crippen LogP contribution < -0.4 is 13.9 Å². The molecule has 0 N–H and O–H groups in total. The van der Waals surface area contributed by atoms with Gasteiger partial charge in [0.05, 0.1) is 22.8 Å². The highest BCUT2D eigenvalue weighted by molar-refractivity contribution is 7.92. The lowest BCUT2D eigenvalue weighted by Crippen LogP contribution is -2.38. The van der Waals surface area contributed by atoms with Gasteiger partial charge >= 0.3 is 0 Å². The number of sulfonamides is 1. The summed E-state index contributed by atoms with van der Waals surface area (Å²) in [5, 5.41) is 1.13. The first-order valence-corrected chi connectivity index (χ1v) is 15.1. The Balaban J connectivity index is 0.00000462. The van der Waals surface area contributed by atoms with Crippen LogP contribution in [0.3, 0.4) is 0 Å². The Morgan fingerprint density at radius 1 is 0.683 bits per heavy atom. The van der Waals surface area contributed by atoms with Gasteiger partial charge in [0.1, 0.15) is 12.4 Å². The Bertz CT molecular complexity index is 1470. The molecule has 0 bridgehead atoms. The summed E-state index contributed by atoms with van der Waals surface area (Å²) in [6.45, 7) is 2.31. The smallest absolute Gasteiger partial charge is 0.264 e. The monoisotopic (exact) mass is 633 g/mol. The lowest BCUT2D eigenvalue weighted by Gasteiger charge is -2.33. The maximum Gasteiger partial charge on any atom is 0.264 e. The summed E-state index contributed by atoms with van der Waals surface area (Å²) in [6, 6.07) is 31.2. The van der Waals surface area contributed by atoms with Gasteiger partial charge in [0, 0.05) is 29.7 Å². The number of hydrogen-bond donors (Lipinski definition) is 0. The number of ether oxygens (including phenoxy) is 1. The molecule has 0 heterocycles. The summed E-state index contributed by atoms with van der Waals surface area (Å²) in [4.78, 5) is 4.31. The Labute approximate surface area is 259 Å². The second-order valence-corrected chi connectivity index (χ2v) is 12.3. The highest BCUT2D eigenvalue weighted by Gasteiger charge is 2.28. The van der Waals surface area contributed by atoms with E-state index in [0.717, 1.165) is 17.0 Å². The summed E-state index contributed by atoms with van der Waals surface area (Å²) in [5.74, 6) is 0.718. The molecule has 0 saturated heterocycles. The maximum atomic E-state index is 14.0. The second kappa shape index (κ2) is 15.3. The third-order valence-electron chi connectivity index (χ3n) is 6.30. The number of hydrogen-bond acceptors (Lipinski definition) is 5. The predicted octanol–water partition coefficient (Wildman–Crippen LogP) is 7.26. The molecule has 0 aliphatic heterocycles. The molecule has 6 nitrogen and oxygen atoms in total. The molecule has 0 aromatic heterocycles. The Morgan fingerprint density at radius 2 is 1.24 bits per heavy atom. The van der Waals surface area contributed by atoms with Gasteiger partial charge in [-0.2, -0.15) is 0 Å². The van der Waals surface area contributed by atoms with Crippen LogP contribution in [-0.4, -0.2) is 53.7 Å². The summed E-state index contributed by atoms with van der Waals surface area (Å²) >= 11 is 12.1. The standard InChI is InChI=1S/C31H33Cl2N3O3S.ClH/c1-34(2)20-21-36(40(37,38)29-18-14-27(33)15-19-29)31-11-7-6-10-30(31)35(24-25-8-4-3-5-9-25)22-23-39-28-16-12-26(32)13-17-28;/h3-19H,20-24H2,1-2H3;1H. The van der Waals surface area contributed by atoms with E-state index >= 15 is 0 Å². The van der Waals surface area contributed by atoms with Crippen LogP contribution in [0.15, 0.2) is 108 Å². The molecule has 0 aliphatic rings. The molecule has 4 aromatic carbocycles. The third kappa shape index (κ3) is 9.02. The first-order chi connectivity index (χ1) is 19.2. The highest BCUT2D eigenvalue weighted by atomic mass is 35.5. The van der Waals surface area contributed by atoms with Gasteiger partial charge in [-0.05, 0) is 80.3 Å². The fourth-order valence-corrected chi connectivity index (χ4v) is 5.95. The molecule has 10 heteroatoms. The van der Waals surface area contributed by atoms with Crippen molar-refractivity contribution in [3.8, 4) is 5.75 Å². The molecule has 0 atom stereocenters. The van der Waals surface area contributed by atoms with Crippen molar-refractivity contribution in [1.82, 2.24) is 4.90 Å². The molecule has 0 saturated carbocycles. The molecule has 0 spiro atoms. The van der Waals surface area contributed by atoms with Crippen molar-refractivity contribution >= 4 is 57.0 Å². The molecule has 0 unspecified atom stereocenters. The average Bonchev–Trinajstić information content (AvgIpc) is 2.94. The van der Waals surface area contributed by atoms with E-state index in [1.54, 1.807) is 36.4 Å². The molecule has 0 radical (unpaired) electrons. The summed E-state index contributed by atoms with van der Waals surface area (Å²) in [7, 11) is -0.0346. The predicted molar refractivity (Wildman–Crippen MR) is 173 cm³/mol. The van der Waals surface area contributed by atoms with Crippen LogP contribution in [0.5, 0.6) is 5.75 Å². The molecule has 4 aromatic rings. The maximum absolute atomic E-state index is 14.0. The number of benzene rings is 4. The van der Waals surface area contributed by atoms with E-state index in [0.29, 0.717) is 42.0 Å². The molecule has 0 amide bonds. The van der Waals surface area contributed by atoms with E-state index in [-0.39, 0.29) is 23.8 Å². The van der Waals surface area contributed by atoms with E-state index in [1.807, 2.05) is 73.6 Å². The van der Waals surface area contributed by atoms with Crippen LogP contribution in [0.25, 0.3) is 0 Å². The van der Waals surface area contributed by atoms with Gasteiger partial charge in [0.15, 0.2) is 0 Å². The molecule has 41 heavy (non-hydrogen) atoms. The number of anilines is 2. The van der Waals surface area contributed by atoms with E-state index < -0.39 is 10.0 Å². The van der Waals surface area contributed by atoms with Crippen molar-refractivity contribution in [3.05, 3.63) is 119 Å². The van der Waals surface area contributed by atoms with Crippen molar-refractivity contribution < 1.29 is 13.2 Å². The number of nitrogens with zero attached hydrogens (tertiary/aromatic N) is 3. The van der Waals surface area contributed by atoms with Gasteiger partial charge in [-0.25, -0.2) is 8.42 Å². The molecule has 4 rings (SSSR count). The van der Waals surface area contributed by atoms with E-state index in [1.165, 1.54) is 4.31 Å². The molecular formula is C31H34Cl3N3O3S. The second-order valence-electron chi connectivity index (χ2n) is 9.53. The molecule has 218 valence electrons. The molecular weight excluding hydrogens is 601 g/mol. The first kappa shape index (κ1) is 32.6. The van der Waals surface area contributed by atoms with Crippen molar-refractivity contribution in [2.24, 2.45) is 0 Å². The largest absolute Gasteiger partial charge is 0.492 e. The third-order valence-corrected chi connectivity index (χ3v) is 8.63.